The van der Waals surface area contributed by atoms with Gasteiger partial charge in [0.25, 0.3) is 0 Å². The van der Waals surface area contributed by atoms with Gasteiger partial charge in [-0.25, -0.2) is 0 Å². The third-order valence-electron chi connectivity index (χ3n) is 6.93. The number of nitrogens with one attached hydrogen (secondary N) is 1. The van der Waals surface area contributed by atoms with E-state index in [1.165, 1.54) is 6.42 Å². The average molecular weight is 545 g/mol. The van der Waals surface area contributed by atoms with Gasteiger partial charge in [0, 0.05) is 30.7 Å². The van der Waals surface area contributed by atoms with Gasteiger partial charge in [-0.2, -0.15) is 0 Å². The van der Waals surface area contributed by atoms with Crippen LogP contribution in [-0.4, -0.2) is 70.0 Å². The second-order valence-electron chi connectivity index (χ2n) is 11.3. The fraction of sp³-hybridized carbons (Fsp3) is 0.846. The molecule has 0 bridgehead atoms. The second kappa shape index (κ2) is 13.5. The molecule has 1 atom stereocenters. The molecule has 0 aromatic heterocycles. The van der Waals surface area contributed by atoms with Crippen molar-refractivity contribution in [1.29, 1.82) is 0 Å². The third-order valence-corrected chi connectivity index (χ3v) is 10.2. The number of carbonyl (C=O) groups excluding carboxylic acids is 4. The molecule has 1 unspecified atom stereocenters. The molecule has 2 rings (SSSR count). The maximum atomic E-state index is 12.4. The van der Waals surface area contributed by atoms with E-state index in [0.717, 1.165) is 36.3 Å². The van der Waals surface area contributed by atoms with Crippen LogP contribution < -0.4 is 5.32 Å². The summed E-state index contributed by atoms with van der Waals surface area (Å²) in [4.78, 5) is 48.9. The lowest BCUT2D eigenvalue weighted by Gasteiger charge is -2.40. The molecular weight excluding hydrogens is 500 g/mol. The van der Waals surface area contributed by atoms with Crippen LogP contribution in [0.4, 0.5) is 0 Å². The Labute approximate surface area is 224 Å². The Bertz CT molecular complexity index is 781. The van der Waals surface area contributed by atoms with E-state index in [1.54, 1.807) is 0 Å². The number of rotatable bonds is 16. The van der Waals surface area contributed by atoms with E-state index in [-0.39, 0.29) is 59.3 Å². The van der Waals surface area contributed by atoms with E-state index in [2.05, 4.69) is 19.2 Å². The van der Waals surface area contributed by atoms with Crippen LogP contribution in [0.2, 0.25) is 0 Å². The SMILES string of the molecule is CCC(C)C(=O)OCC1(SSCCC(C)(C)OCCC(C)(C)NC(=O)CN2C(=O)CCC2=O)CCC1. The zero-order chi connectivity index (χ0) is 27.0. The lowest BCUT2D eigenvalue weighted by atomic mass is 9.85. The van der Waals surface area contributed by atoms with Crippen molar-refractivity contribution in [2.24, 2.45) is 5.92 Å². The highest BCUT2D eigenvalue weighted by Gasteiger charge is 2.40. The minimum atomic E-state index is -0.521. The Morgan fingerprint density at radius 2 is 1.75 bits per heavy atom. The van der Waals surface area contributed by atoms with E-state index in [0.29, 0.717) is 19.6 Å². The molecule has 36 heavy (non-hydrogen) atoms. The van der Waals surface area contributed by atoms with Gasteiger partial charge >= 0.3 is 5.97 Å². The Hall–Kier alpha value is -1.26. The van der Waals surface area contributed by atoms with Crippen LogP contribution in [0.15, 0.2) is 0 Å². The summed E-state index contributed by atoms with van der Waals surface area (Å²) < 4.78 is 11.8. The monoisotopic (exact) mass is 544 g/mol. The first-order chi connectivity index (χ1) is 16.8. The Balaban J connectivity index is 1.65. The molecule has 0 aromatic rings. The highest BCUT2D eigenvalue weighted by Crippen LogP contribution is 2.50. The zero-order valence-electron chi connectivity index (χ0n) is 22.8. The van der Waals surface area contributed by atoms with Crippen LogP contribution in [-0.2, 0) is 28.7 Å². The topological polar surface area (TPSA) is 102 Å². The van der Waals surface area contributed by atoms with Crippen molar-refractivity contribution < 1.29 is 28.7 Å². The fourth-order valence-corrected chi connectivity index (χ4v) is 7.23. The molecule has 10 heteroatoms. The maximum absolute atomic E-state index is 12.4. The van der Waals surface area contributed by atoms with Gasteiger partial charge < -0.3 is 14.8 Å². The summed E-state index contributed by atoms with van der Waals surface area (Å²) >= 11 is 0. The molecule has 1 aliphatic heterocycles. The van der Waals surface area contributed by atoms with Crippen LogP contribution in [0.5, 0.6) is 0 Å². The Morgan fingerprint density at radius 3 is 2.31 bits per heavy atom. The molecule has 1 N–H and O–H groups in total. The van der Waals surface area contributed by atoms with Crippen molar-refractivity contribution in [3.8, 4) is 0 Å². The van der Waals surface area contributed by atoms with Crippen LogP contribution in [0.3, 0.4) is 0 Å². The number of nitrogens with zero attached hydrogens (tertiary/aromatic N) is 1. The van der Waals surface area contributed by atoms with Crippen molar-refractivity contribution in [1.82, 2.24) is 10.2 Å². The van der Waals surface area contributed by atoms with Crippen molar-refractivity contribution in [3.63, 3.8) is 0 Å². The Morgan fingerprint density at radius 1 is 1.11 bits per heavy atom. The number of hydrogen-bond acceptors (Lipinski definition) is 8. The quantitative estimate of drug-likeness (QED) is 0.131. The van der Waals surface area contributed by atoms with Gasteiger partial charge in [-0.15, -0.1) is 0 Å². The van der Waals surface area contributed by atoms with Crippen molar-refractivity contribution in [2.75, 3.05) is 25.5 Å². The highest BCUT2D eigenvalue weighted by atomic mass is 33.1. The molecule has 0 spiro atoms. The molecule has 2 fully saturated rings. The predicted molar refractivity (Wildman–Crippen MR) is 144 cm³/mol. The molecule has 1 saturated carbocycles. The van der Waals surface area contributed by atoms with Crippen molar-refractivity contribution in [3.05, 3.63) is 0 Å². The van der Waals surface area contributed by atoms with E-state index < -0.39 is 5.54 Å². The largest absolute Gasteiger partial charge is 0.464 e. The zero-order valence-corrected chi connectivity index (χ0v) is 24.4. The second-order valence-corrected chi connectivity index (χ2v) is 14.2. The lowest BCUT2D eigenvalue weighted by Crippen LogP contribution is -2.49. The summed E-state index contributed by atoms with van der Waals surface area (Å²) in [6.45, 7) is 12.6. The van der Waals surface area contributed by atoms with Crippen LogP contribution in [0.1, 0.15) is 92.9 Å². The van der Waals surface area contributed by atoms with E-state index >= 15 is 0 Å². The number of ether oxygens (including phenoxy) is 2. The summed E-state index contributed by atoms with van der Waals surface area (Å²) in [5.41, 5.74) is -0.829. The standard InChI is InChI=1S/C26H44N2O6S2/c1-7-19(2)23(32)33-18-26(11-8-12-26)36-35-16-14-25(5,6)34-15-13-24(3,4)27-20(29)17-28-21(30)9-10-22(28)31/h19H,7-18H2,1-6H3,(H,27,29). The summed E-state index contributed by atoms with van der Waals surface area (Å²) in [7, 11) is 3.67. The molecule has 8 nitrogen and oxygen atoms in total. The highest BCUT2D eigenvalue weighted by molar-refractivity contribution is 8.77. The van der Waals surface area contributed by atoms with Crippen molar-refractivity contribution >= 4 is 45.3 Å². The van der Waals surface area contributed by atoms with E-state index in [9.17, 15) is 19.2 Å². The molecule has 3 amide bonds. The first-order valence-electron chi connectivity index (χ1n) is 13.0. The number of carbonyl (C=O) groups is 4. The summed E-state index contributed by atoms with van der Waals surface area (Å²) in [6, 6.07) is 0. The Kier molecular flexibility index (Phi) is 11.6. The van der Waals surface area contributed by atoms with Gasteiger partial charge in [-0.1, -0.05) is 41.9 Å². The van der Waals surface area contributed by atoms with Gasteiger partial charge in [-0.05, 0) is 59.8 Å². The minimum absolute atomic E-state index is 0.0468. The molecule has 206 valence electrons. The first kappa shape index (κ1) is 31.0. The minimum Gasteiger partial charge on any atom is -0.464 e. The fourth-order valence-electron chi connectivity index (χ4n) is 3.87. The smallest absolute Gasteiger partial charge is 0.308 e. The summed E-state index contributed by atoms with van der Waals surface area (Å²) in [5.74, 6) is -0.128. The average Bonchev–Trinajstić information content (AvgIpc) is 3.07. The summed E-state index contributed by atoms with van der Waals surface area (Å²) in [5, 5.41) is 2.91. The maximum Gasteiger partial charge on any atom is 0.308 e. The van der Waals surface area contributed by atoms with Gasteiger partial charge in [-0.3, -0.25) is 24.1 Å². The van der Waals surface area contributed by atoms with E-state index in [1.807, 2.05) is 49.3 Å². The van der Waals surface area contributed by atoms with Crippen molar-refractivity contribution in [2.45, 2.75) is 109 Å². The van der Waals surface area contributed by atoms with Gasteiger partial charge in [0.1, 0.15) is 13.2 Å². The molecule has 2 aliphatic rings. The van der Waals surface area contributed by atoms with Crippen LogP contribution >= 0.6 is 21.6 Å². The molecule has 0 aromatic carbocycles. The molecule has 1 heterocycles. The number of imide groups is 1. The molecule has 1 aliphatic carbocycles. The third kappa shape index (κ3) is 9.89. The number of amides is 3. The van der Waals surface area contributed by atoms with Gasteiger partial charge in [0.05, 0.1) is 16.3 Å². The summed E-state index contributed by atoms with van der Waals surface area (Å²) in [6.07, 6.45) is 5.99. The molecule has 0 radical (unpaired) electrons. The van der Waals surface area contributed by atoms with Gasteiger partial charge in [0.2, 0.25) is 17.7 Å². The number of esters is 1. The van der Waals surface area contributed by atoms with Crippen LogP contribution in [0, 0.1) is 5.92 Å². The predicted octanol–water partition coefficient (Wildman–Crippen LogP) is 4.50. The molecule has 1 saturated heterocycles. The lowest BCUT2D eigenvalue weighted by molar-refractivity contribution is -0.149. The number of hydrogen-bond donors (Lipinski definition) is 1. The normalized spacial score (nSPS) is 18.7. The van der Waals surface area contributed by atoms with Crippen LogP contribution in [0.25, 0.3) is 0 Å². The molecular formula is C26H44N2O6S2. The first-order valence-corrected chi connectivity index (χ1v) is 15.4. The number of likely N-dealkylation sites (tertiary alicyclic amines) is 1. The van der Waals surface area contributed by atoms with E-state index in [4.69, 9.17) is 9.47 Å². The van der Waals surface area contributed by atoms with Gasteiger partial charge in [0.15, 0.2) is 0 Å².